The van der Waals surface area contributed by atoms with E-state index in [1.165, 1.54) is 0 Å². The smallest absolute Gasteiger partial charge is 0.150 e. The molecule has 74 valence electrons. The summed E-state index contributed by atoms with van der Waals surface area (Å²) in [4.78, 5) is 10.4. The Bertz CT molecular complexity index is 328. The lowest BCUT2D eigenvalue weighted by atomic mass is 10.1. The topological polar surface area (TPSA) is 55.1 Å². The second-order valence-corrected chi connectivity index (χ2v) is 3.35. The molecule has 0 unspecified atom stereocenters. The van der Waals surface area contributed by atoms with Gasteiger partial charge in [-0.15, -0.1) is 0 Å². The third kappa shape index (κ3) is 2.71. The second-order valence-electron chi connectivity index (χ2n) is 3.35. The van der Waals surface area contributed by atoms with Gasteiger partial charge in [-0.25, -0.2) is 0 Å². The molecule has 0 heterocycles. The van der Waals surface area contributed by atoms with Gasteiger partial charge in [0, 0.05) is 11.3 Å². The van der Waals surface area contributed by atoms with Gasteiger partial charge >= 0.3 is 0 Å². The van der Waals surface area contributed by atoms with Crippen molar-refractivity contribution in [1.29, 1.82) is 0 Å². The van der Waals surface area contributed by atoms with Crippen LogP contribution in [0.25, 0.3) is 0 Å². The normalized spacial score (nSPS) is 14.1. The van der Waals surface area contributed by atoms with Crippen molar-refractivity contribution in [2.24, 2.45) is 5.73 Å². The van der Waals surface area contributed by atoms with Crippen molar-refractivity contribution in [1.82, 2.24) is 0 Å². The molecule has 0 fully saturated rings. The summed E-state index contributed by atoms with van der Waals surface area (Å²) >= 11 is 0. The van der Waals surface area contributed by atoms with Crippen LogP contribution in [0.15, 0.2) is 36.9 Å². The Hall–Kier alpha value is -1.61. The standard InChI is InChI=1S/C11H14N2O/c1-3-11(2,12)13-10-6-4-9(8-14)5-7-10/h3-8,13H,1,12H2,2H3/t11-/m1/s1. The summed E-state index contributed by atoms with van der Waals surface area (Å²) in [6, 6.07) is 7.07. The number of hydrogen-bond acceptors (Lipinski definition) is 3. The van der Waals surface area contributed by atoms with Crippen molar-refractivity contribution < 1.29 is 4.79 Å². The van der Waals surface area contributed by atoms with E-state index in [1.807, 2.05) is 6.92 Å². The largest absolute Gasteiger partial charge is 0.364 e. The van der Waals surface area contributed by atoms with Crippen LogP contribution in [0.2, 0.25) is 0 Å². The zero-order valence-electron chi connectivity index (χ0n) is 8.16. The Kier molecular flexibility index (Phi) is 3.04. The molecule has 0 amide bonds. The predicted molar refractivity (Wildman–Crippen MR) is 58.2 cm³/mol. The molecule has 1 atom stereocenters. The molecular formula is C11H14N2O. The molecule has 0 radical (unpaired) electrons. The minimum absolute atomic E-state index is 0.636. The van der Waals surface area contributed by atoms with Crippen molar-refractivity contribution >= 4 is 12.0 Å². The number of rotatable bonds is 4. The minimum atomic E-state index is -0.636. The molecule has 14 heavy (non-hydrogen) atoms. The van der Waals surface area contributed by atoms with E-state index in [0.29, 0.717) is 5.56 Å². The molecule has 1 aromatic carbocycles. The molecule has 0 aliphatic carbocycles. The Morgan fingerprint density at radius 3 is 2.43 bits per heavy atom. The zero-order valence-corrected chi connectivity index (χ0v) is 8.16. The van der Waals surface area contributed by atoms with Gasteiger partial charge in [-0.05, 0) is 31.2 Å². The summed E-state index contributed by atoms with van der Waals surface area (Å²) in [7, 11) is 0. The van der Waals surface area contributed by atoms with E-state index in [-0.39, 0.29) is 0 Å². The SMILES string of the molecule is C=C[C@](C)(N)Nc1ccc(C=O)cc1. The molecule has 0 spiro atoms. The minimum Gasteiger partial charge on any atom is -0.364 e. The molecule has 0 aliphatic heterocycles. The highest BCUT2D eigenvalue weighted by molar-refractivity contribution is 5.75. The summed E-state index contributed by atoms with van der Waals surface area (Å²) in [6.07, 6.45) is 2.43. The van der Waals surface area contributed by atoms with E-state index in [4.69, 9.17) is 5.73 Å². The highest BCUT2D eigenvalue weighted by atomic mass is 16.1. The summed E-state index contributed by atoms with van der Waals surface area (Å²) in [5.41, 5.74) is 6.69. The van der Waals surface area contributed by atoms with Crippen molar-refractivity contribution in [3.8, 4) is 0 Å². The first-order valence-corrected chi connectivity index (χ1v) is 4.33. The number of carbonyl (C=O) groups excluding carboxylic acids is 1. The van der Waals surface area contributed by atoms with Gasteiger partial charge in [0.05, 0.1) is 0 Å². The molecule has 0 saturated carbocycles. The van der Waals surface area contributed by atoms with E-state index in [2.05, 4.69) is 11.9 Å². The molecule has 0 aromatic heterocycles. The van der Waals surface area contributed by atoms with E-state index in [9.17, 15) is 4.79 Å². The Morgan fingerprint density at radius 2 is 2.00 bits per heavy atom. The van der Waals surface area contributed by atoms with Crippen molar-refractivity contribution in [2.75, 3.05) is 5.32 Å². The predicted octanol–water partition coefficient (Wildman–Crippen LogP) is 1.77. The molecule has 3 nitrogen and oxygen atoms in total. The molecular weight excluding hydrogens is 176 g/mol. The van der Waals surface area contributed by atoms with Crippen molar-refractivity contribution in [3.05, 3.63) is 42.5 Å². The van der Waals surface area contributed by atoms with Gasteiger partial charge < -0.3 is 11.1 Å². The van der Waals surface area contributed by atoms with Gasteiger partial charge in [0.1, 0.15) is 11.9 Å². The number of nitrogens with one attached hydrogen (secondary N) is 1. The van der Waals surface area contributed by atoms with E-state index in [0.717, 1.165) is 12.0 Å². The number of hydrogen-bond donors (Lipinski definition) is 2. The van der Waals surface area contributed by atoms with Gasteiger partial charge in [0.25, 0.3) is 0 Å². The van der Waals surface area contributed by atoms with Crippen LogP contribution in [0.1, 0.15) is 17.3 Å². The van der Waals surface area contributed by atoms with Crippen LogP contribution >= 0.6 is 0 Å². The first kappa shape index (κ1) is 10.5. The van der Waals surface area contributed by atoms with Gasteiger partial charge in [-0.2, -0.15) is 0 Å². The quantitative estimate of drug-likeness (QED) is 0.432. The summed E-state index contributed by atoms with van der Waals surface area (Å²) < 4.78 is 0. The van der Waals surface area contributed by atoms with Crippen molar-refractivity contribution in [3.63, 3.8) is 0 Å². The Balaban J connectivity index is 2.78. The number of benzene rings is 1. The van der Waals surface area contributed by atoms with E-state index in [1.54, 1.807) is 30.3 Å². The fourth-order valence-corrected chi connectivity index (χ4v) is 1.01. The fraction of sp³-hybridized carbons (Fsp3) is 0.182. The molecule has 0 aliphatic rings. The van der Waals surface area contributed by atoms with Crippen molar-refractivity contribution in [2.45, 2.75) is 12.6 Å². The van der Waals surface area contributed by atoms with Gasteiger partial charge in [-0.1, -0.05) is 12.7 Å². The van der Waals surface area contributed by atoms with Crippen LogP contribution in [0.4, 0.5) is 5.69 Å². The lowest BCUT2D eigenvalue weighted by Crippen LogP contribution is -2.42. The lowest BCUT2D eigenvalue weighted by Gasteiger charge is -2.23. The molecule has 3 N–H and O–H groups in total. The average Bonchev–Trinajstić information content (AvgIpc) is 2.19. The maximum absolute atomic E-state index is 10.4. The fourth-order valence-electron chi connectivity index (χ4n) is 1.01. The maximum Gasteiger partial charge on any atom is 0.150 e. The number of nitrogens with two attached hydrogens (primary N) is 1. The van der Waals surface area contributed by atoms with Crippen LogP contribution in [0.3, 0.4) is 0 Å². The van der Waals surface area contributed by atoms with E-state index < -0.39 is 5.66 Å². The van der Waals surface area contributed by atoms with Crippen LogP contribution < -0.4 is 11.1 Å². The van der Waals surface area contributed by atoms with Crippen LogP contribution in [0.5, 0.6) is 0 Å². The lowest BCUT2D eigenvalue weighted by molar-refractivity contribution is 0.112. The Morgan fingerprint density at radius 1 is 1.43 bits per heavy atom. The summed E-state index contributed by atoms with van der Waals surface area (Å²) in [5.74, 6) is 0. The van der Waals surface area contributed by atoms with Crippen LogP contribution in [0, 0.1) is 0 Å². The maximum atomic E-state index is 10.4. The zero-order chi connectivity index (χ0) is 10.6. The number of anilines is 1. The first-order chi connectivity index (χ1) is 6.57. The average molecular weight is 190 g/mol. The molecule has 0 saturated heterocycles. The van der Waals surface area contributed by atoms with Crippen LogP contribution in [-0.2, 0) is 0 Å². The summed E-state index contributed by atoms with van der Waals surface area (Å²) in [5, 5.41) is 3.06. The van der Waals surface area contributed by atoms with E-state index >= 15 is 0 Å². The van der Waals surface area contributed by atoms with Gasteiger partial charge in [0.15, 0.2) is 0 Å². The molecule has 1 aromatic rings. The monoisotopic (exact) mass is 190 g/mol. The first-order valence-electron chi connectivity index (χ1n) is 4.33. The third-order valence-electron chi connectivity index (χ3n) is 1.88. The third-order valence-corrected chi connectivity index (χ3v) is 1.88. The number of aldehydes is 1. The highest BCUT2D eigenvalue weighted by Crippen LogP contribution is 2.12. The Labute approximate surface area is 83.6 Å². The number of carbonyl (C=O) groups is 1. The highest BCUT2D eigenvalue weighted by Gasteiger charge is 2.11. The van der Waals surface area contributed by atoms with Gasteiger partial charge in [0.2, 0.25) is 0 Å². The molecule has 3 heteroatoms. The molecule has 0 bridgehead atoms. The van der Waals surface area contributed by atoms with Gasteiger partial charge in [-0.3, -0.25) is 4.79 Å². The summed E-state index contributed by atoms with van der Waals surface area (Å²) in [6.45, 7) is 5.43. The van der Waals surface area contributed by atoms with Crippen LogP contribution in [-0.4, -0.2) is 11.9 Å². The molecule has 1 rings (SSSR count). The second kappa shape index (κ2) is 4.07.